The molecule has 2 heterocycles. The zero-order valence-corrected chi connectivity index (χ0v) is 16.1. The number of hydrogen-bond acceptors (Lipinski definition) is 5. The topological polar surface area (TPSA) is 72.1 Å². The minimum absolute atomic E-state index is 0.00336. The lowest BCUT2D eigenvalue weighted by Gasteiger charge is -2.26. The Bertz CT molecular complexity index is 975. The Morgan fingerprint density at radius 3 is 2.50 bits per heavy atom. The molecule has 0 saturated carbocycles. The van der Waals surface area contributed by atoms with Gasteiger partial charge in [-0.05, 0) is 51.8 Å². The van der Waals surface area contributed by atoms with Crippen molar-refractivity contribution in [1.29, 1.82) is 0 Å². The van der Waals surface area contributed by atoms with Gasteiger partial charge in [-0.25, -0.2) is 0 Å². The van der Waals surface area contributed by atoms with Crippen LogP contribution in [0.15, 0.2) is 22.7 Å². The molecule has 136 valence electrons. The van der Waals surface area contributed by atoms with Crippen LogP contribution < -0.4 is 0 Å². The molecular formula is C20H24N4O2. The summed E-state index contributed by atoms with van der Waals surface area (Å²) >= 11 is 0. The minimum atomic E-state index is -0.0544. The van der Waals surface area contributed by atoms with Gasteiger partial charge in [-0.1, -0.05) is 17.3 Å². The van der Waals surface area contributed by atoms with Gasteiger partial charge in [0.05, 0.1) is 17.6 Å². The molecule has 0 spiro atoms. The molecular weight excluding hydrogens is 328 g/mol. The molecule has 6 nitrogen and oxygen atoms in total. The maximum atomic E-state index is 13.4. The average Bonchev–Trinajstić information content (AvgIpc) is 3.00. The highest BCUT2D eigenvalue weighted by Crippen LogP contribution is 2.26. The molecule has 6 heteroatoms. The third-order valence-electron chi connectivity index (χ3n) is 4.63. The van der Waals surface area contributed by atoms with E-state index in [1.807, 2.05) is 45.9 Å². The molecule has 0 aliphatic carbocycles. The molecule has 3 rings (SSSR count). The number of nitrogens with zero attached hydrogens (tertiary/aromatic N) is 4. The van der Waals surface area contributed by atoms with Gasteiger partial charge in [0.1, 0.15) is 0 Å². The Hall–Kier alpha value is -2.76. The molecule has 3 aromatic rings. The molecule has 0 bridgehead atoms. The van der Waals surface area contributed by atoms with E-state index in [4.69, 9.17) is 4.52 Å². The van der Waals surface area contributed by atoms with E-state index in [9.17, 15) is 4.79 Å². The van der Waals surface area contributed by atoms with E-state index in [1.165, 1.54) is 0 Å². The second kappa shape index (κ2) is 6.86. The number of aromatic nitrogens is 3. The van der Waals surface area contributed by atoms with Crippen LogP contribution in [0.1, 0.15) is 52.7 Å². The molecule has 1 amide bonds. The first-order valence-corrected chi connectivity index (χ1v) is 8.75. The van der Waals surface area contributed by atoms with Crippen molar-refractivity contribution in [2.45, 2.75) is 54.1 Å². The van der Waals surface area contributed by atoms with Crippen molar-refractivity contribution >= 4 is 16.8 Å². The second-order valence-electron chi connectivity index (χ2n) is 6.97. The second-order valence-corrected chi connectivity index (χ2v) is 6.97. The van der Waals surface area contributed by atoms with Gasteiger partial charge < -0.3 is 9.42 Å². The minimum Gasteiger partial charge on any atom is -0.340 e. The fourth-order valence-corrected chi connectivity index (χ4v) is 3.04. The van der Waals surface area contributed by atoms with Crippen LogP contribution in [0.25, 0.3) is 10.9 Å². The molecule has 0 atom stereocenters. The summed E-state index contributed by atoms with van der Waals surface area (Å²) in [5.74, 6) is 0.945. The maximum Gasteiger partial charge on any atom is 0.255 e. The third-order valence-corrected chi connectivity index (χ3v) is 4.63. The van der Waals surface area contributed by atoms with Crippen LogP contribution in [0.4, 0.5) is 0 Å². The Morgan fingerprint density at radius 1 is 1.15 bits per heavy atom. The van der Waals surface area contributed by atoms with Gasteiger partial charge in [0, 0.05) is 24.0 Å². The predicted octanol–water partition coefficient (Wildman–Crippen LogP) is 3.90. The number of carbonyl (C=O) groups excluding carboxylic acids is 1. The van der Waals surface area contributed by atoms with Crippen molar-refractivity contribution in [3.63, 3.8) is 0 Å². The highest BCUT2D eigenvalue weighted by molar-refractivity contribution is 6.07. The van der Waals surface area contributed by atoms with Crippen LogP contribution in [0.5, 0.6) is 0 Å². The van der Waals surface area contributed by atoms with Crippen molar-refractivity contribution in [3.8, 4) is 0 Å². The van der Waals surface area contributed by atoms with Crippen LogP contribution in [0.2, 0.25) is 0 Å². The Balaban J connectivity index is 2.08. The van der Waals surface area contributed by atoms with Crippen molar-refractivity contribution < 1.29 is 9.32 Å². The van der Waals surface area contributed by atoms with Gasteiger partial charge in [-0.2, -0.15) is 4.98 Å². The summed E-state index contributed by atoms with van der Waals surface area (Å²) in [4.78, 5) is 24.0. The lowest BCUT2D eigenvalue weighted by molar-refractivity contribution is 0.0685. The molecule has 0 radical (unpaired) electrons. The summed E-state index contributed by atoms with van der Waals surface area (Å²) in [6.07, 6.45) is 0. The zero-order chi connectivity index (χ0) is 19.0. The lowest BCUT2D eigenvalue weighted by atomic mass is 10.00. The molecule has 0 unspecified atom stereocenters. The molecule has 0 aliphatic rings. The van der Waals surface area contributed by atoms with E-state index in [0.717, 1.165) is 27.7 Å². The number of amides is 1. The summed E-state index contributed by atoms with van der Waals surface area (Å²) in [5, 5.41) is 4.80. The summed E-state index contributed by atoms with van der Waals surface area (Å²) in [7, 11) is 0. The molecule has 1 aromatic carbocycles. The normalized spacial score (nSPS) is 11.3. The fourth-order valence-electron chi connectivity index (χ4n) is 3.04. The Kier molecular flexibility index (Phi) is 4.76. The van der Waals surface area contributed by atoms with E-state index in [0.29, 0.717) is 23.8 Å². The quantitative estimate of drug-likeness (QED) is 0.712. The number of pyridine rings is 1. The molecule has 26 heavy (non-hydrogen) atoms. The number of rotatable bonds is 4. The molecule has 0 fully saturated rings. The van der Waals surface area contributed by atoms with Gasteiger partial charge in [0.25, 0.3) is 5.91 Å². The van der Waals surface area contributed by atoms with E-state index < -0.39 is 0 Å². The van der Waals surface area contributed by atoms with Gasteiger partial charge in [0.2, 0.25) is 5.89 Å². The molecule has 0 saturated heterocycles. The van der Waals surface area contributed by atoms with E-state index in [1.54, 1.807) is 11.8 Å². The predicted molar refractivity (Wildman–Crippen MR) is 100.0 cm³/mol. The number of fused-ring (bicyclic) bond motifs is 1. The number of carbonyl (C=O) groups is 1. The first kappa shape index (κ1) is 18.0. The zero-order valence-electron chi connectivity index (χ0n) is 16.1. The Morgan fingerprint density at radius 2 is 1.88 bits per heavy atom. The average molecular weight is 352 g/mol. The standard InChI is InChI=1S/C20H24N4O2/c1-11(2)24(10-18-22-15(6)26-23-18)20(25)17-9-13(4)21-19-14(5)12(3)7-8-16(17)19/h7-9,11H,10H2,1-6H3. The monoisotopic (exact) mass is 352 g/mol. The van der Waals surface area contributed by atoms with Crippen LogP contribution in [0, 0.1) is 27.7 Å². The summed E-state index contributed by atoms with van der Waals surface area (Å²) < 4.78 is 5.04. The number of hydrogen-bond donors (Lipinski definition) is 0. The lowest BCUT2D eigenvalue weighted by Crippen LogP contribution is -2.37. The molecule has 0 N–H and O–H groups in total. The van der Waals surface area contributed by atoms with Crippen LogP contribution in [-0.2, 0) is 6.54 Å². The van der Waals surface area contributed by atoms with Gasteiger partial charge in [-0.3, -0.25) is 9.78 Å². The van der Waals surface area contributed by atoms with E-state index >= 15 is 0 Å². The first-order chi connectivity index (χ1) is 12.3. The van der Waals surface area contributed by atoms with Crippen molar-refractivity contribution in [1.82, 2.24) is 20.0 Å². The van der Waals surface area contributed by atoms with Gasteiger partial charge in [0.15, 0.2) is 5.82 Å². The van der Waals surface area contributed by atoms with Crippen molar-refractivity contribution in [3.05, 3.63) is 52.3 Å². The summed E-state index contributed by atoms with van der Waals surface area (Å²) in [5.41, 5.74) is 4.63. The van der Waals surface area contributed by atoms with Crippen molar-refractivity contribution in [2.24, 2.45) is 0 Å². The SMILES string of the molecule is Cc1cc(C(=O)N(Cc2noc(C)n2)C(C)C)c2ccc(C)c(C)c2n1. The number of aryl methyl sites for hydroxylation is 4. The number of benzene rings is 1. The summed E-state index contributed by atoms with van der Waals surface area (Å²) in [6, 6.07) is 5.87. The smallest absolute Gasteiger partial charge is 0.255 e. The largest absolute Gasteiger partial charge is 0.340 e. The van der Waals surface area contributed by atoms with Crippen LogP contribution in [-0.4, -0.2) is 32.0 Å². The van der Waals surface area contributed by atoms with Gasteiger partial charge >= 0.3 is 0 Å². The Labute approximate surface area is 153 Å². The van der Waals surface area contributed by atoms with E-state index in [-0.39, 0.29) is 11.9 Å². The summed E-state index contributed by atoms with van der Waals surface area (Å²) in [6.45, 7) is 12.0. The van der Waals surface area contributed by atoms with Crippen molar-refractivity contribution in [2.75, 3.05) is 0 Å². The maximum absolute atomic E-state index is 13.4. The first-order valence-electron chi connectivity index (χ1n) is 8.75. The molecule has 2 aromatic heterocycles. The fraction of sp³-hybridized carbons (Fsp3) is 0.400. The van der Waals surface area contributed by atoms with E-state index in [2.05, 4.69) is 22.0 Å². The van der Waals surface area contributed by atoms with Crippen LogP contribution in [0.3, 0.4) is 0 Å². The highest BCUT2D eigenvalue weighted by atomic mass is 16.5. The highest BCUT2D eigenvalue weighted by Gasteiger charge is 2.24. The van der Waals surface area contributed by atoms with Gasteiger partial charge in [-0.15, -0.1) is 0 Å². The third kappa shape index (κ3) is 3.31. The molecule has 0 aliphatic heterocycles. The van der Waals surface area contributed by atoms with Crippen LogP contribution >= 0.6 is 0 Å².